The Morgan fingerprint density at radius 1 is 1.33 bits per heavy atom. The number of piperazine rings is 1. The Morgan fingerprint density at radius 3 is 2.72 bits per heavy atom. The Labute approximate surface area is 110 Å². The Morgan fingerprint density at radius 2 is 2.11 bits per heavy atom. The van der Waals surface area contributed by atoms with E-state index >= 15 is 0 Å². The van der Waals surface area contributed by atoms with Crippen molar-refractivity contribution in [3.8, 4) is 0 Å². The molecule has 1 atom stereocenters. The number of nitrogens with zero attached hydrogens (tertiary/aromatic N) is 3. The Bertz CT molecular complexity index is 343. The number of nitrogens with one attached hydrogen (secondary N) is 1. The average Bonchev–Trinajstić information content (AvgIpc) is 2.91. The van der Waals surface area contributed by atoms with Gasteiger partial charge in [0.25, 0.3) is 0 Å². The molecule has 0 saturated carbocycles. The van der Waals surface area contributed by atoms with E-state index in [2.05, 4.69) is 36.1 Å². The van der Waals surface area contributed by atoms with Gasteiger partial charge in [-0.1, -0.05) is 13.8 Å². The summed E-state index contributed by atoms with van der Waals surface area (Å²) < 4.78 is 2.02. The molecule has 0 radical (unpaired) electrons. The maximum absolute atomic E-state index is 4.28. The van der Waals surface area contributed by atoms with Gasteiger partial charge in [0.2, 0.25) is 0 Å². The lowest BCUT2D eigenvalue weighted by Gasteiger charge is -2.46. The molecule has 4 nitrogen and oxygen atoms in total. The smallest absolute Gasteiger partial charge is 0.0536 e. The van der Waals surface area contributed by atoms with E-state index in [1.165, 1.54) is 12.8 Å². The van der Waals surface area contributed by atoms with E-state index < -0.39 is 0 Å². The van der Waals surface area contributed by atoms with E-state index in [9.17, 15) is 0 Å². The van der Waals surface area contributed by atoms with Crippen LogP contribution >= 0.6 is 0 Å². The highest BCUT2D eigenvalue weighted by molar-refractivity contribution is 4.95. The summed E-state index contributed by atoms with van der Waals surface area (Å²) in [5.74, 6) is 0. The number of rotatable bonds is 5. The van der Waals surface area contributed by atoms with E-state index in [4.69, 9.17) is 0 Å². The van der Waals surface area contributed by atoms with Crippen molar-refractivity contribution in [2.75, 3.05) is 19.6 Å². The summed E-state index contributed by atoms with van der Waals surface area (Å²) in [6.07, 6.45) is 6.30. The molecule has 1 fully saturated rings. The van der Waals surface area contributed by atoms with Gasteiger partial charge in [0, 0.05) is 43.6 Å². The standard InChI is InChI=1S/C14H26N4/c1-4-14(5-2)12-17(13(3)11-15-14)9-10-18-8-6-7-16-18/h6-8,13,15H,4-5,9-12H2,1-3H3. The van der Waals surface area contributed by atoms with Crippen molar-refractivity contribution in [1.29, 1.82) is 0 Å². The molecule has 2 rings (SSSR count). The summed E-state index contributed by atoms with van der Waals surface area (Å²) in [5, 5.41) is 8.02. The van der Waals surface area contributed by atoms with Crippen molar-refractivity contribution < 1.29 is 0 Å². The lowest BCUT2D eigenvalue weighted by molar-refractivity contribution is 0.0769. The Hall–Kier alpha value is -0.870. The first-order valence-corrected chi connectivity index (χ1v) is 7.15. The van der Waals surface area contributed by atoms with Crippen molar-refractivity contribution in [2.24, 2.45) is 0 Å². The molecule has 0 spiro atoms. The average molecular weight is 250 g/mol. The first-order chi connectivity index (χ1) is 8.69. The molecule has 1 aromatic rings. The van der Waals surface area contributed by atoms with Gasteiger partial charge in [-0.2, -0.15) is 5.10 Å². The Balaban J connectivity index is 1.93. The summed E-state index contributed by atoms with van der Waals surface area (Å²) in [5.41, 5.74) is 0.316. The van der Waals surface area contributed by atoms with Gasteiger partial charge < -0.3 is 5.32 Å². The zero-order valence-corrected chi connectivity index (χ0v) is 11.9. The number of hydrogen-bond donors (Lipinski definition) is 1. The van der Waals surface area contributed by atoms with Crippen LogP contribution in [0.1, 0.15) is 33.6 Å². The van der Waals surface area contributed by atoms with Crippen LogP contribution in [0.3, 0.4) is 0 Å². The van der Waals surface area contributed by atoms with Crippen molar-refractivity contribution in [2.45, 2.75) is 51.7 Å². The molecule has 0 bridgehead atoms. The maximum atomic E-state index is 4.28. The van der Waals surface area contributed by atoms with Crippen LogP contribution in [0.25, 0.3) is 0 Å². The SMILES string of the molecule is CCC1(CC)CN(CCn2cccn2)C(C)CN1. The monoisotopic (exact) mass is 250 g/mol. The van der Waals surface area contributed by atoms with E-state index in [1.807, 2.05) is 23.1 Å². The topological polar surface area (TPSA) is 33.1 Å². The normalized spacial score (nSPS) is 24.3. The van der Waals surface area contributed by atoms with Gasteiger partial charge in [0.15, 0.2) is 0 Å². The van der Waals surface area contributed by atoms with Crippen LogP contribution in [-0.2, 0) is 6.54 Å². The molecular formula is C14H26N4. The third-order valence-corrected chi connectivity index (χ3v) is 4.43. The fraction of sp³-hybridized carbons (Fsp3) is 0.786. The highest BCUT2D eigenvalue weighted by Crippen LogP contribution is 2.22. The summed E-state index contributed by atoms with van der Waals surface area (Å²) >= 11 is 0. The van der Waals surface area contributed by atoms with E-state index in [1.54, 1.807) is 0 Å². The third-order valence-electron chi connectivity index (χ3n) is 4.43. The lowest BCUT2D eigenvalue weighted by Crippen LogP contribution is -2.63. The Kier molecular flexibility index (Phi) is 4.40. The molecule has 2 heterocycles. The van der Waals surface area contributed by atoms with Gasteiger partial charge in [-0.3, -0.25) is 9.58 Å². The second-order valence-corrected chi connectivity index (χ2v) is 5.46. The van der Waals surface area contributed by atoms with E-state index in [0.29, 0.717) is 11.6 Å². The first kappa shape index (κ1) is 13.6. The second kappa shape index (κ2) is 5.85. The van der Waals surface area contributed by atoms with Crippen molar-refractivity contribution >= 4 is 0 Å². The number of aromatic nitrogens is 2. The van der Waals surface area contributed by atoms with Crippen molar-refractivity contribution in [3.05, 3.63) is 18.5 Å². The molecule has 102 valence electrons. The van der Waals surface area contributed by atoms with Crippen LogP contribution < -0.4 is 5.32 Å². The first-order valence-electron chi connectivity index (χ1n) is 7.15. The molecule has 1 aliphatic rings. The minimum atomic E-state index is 0.316. The predicted molar refractivity (Wildman–Crippen MR) is 74.6 cm³/mol. The maximum Gasteiger partial charge on any atom is 0.0536 e. The molecule has 1 saturated heterocycles. The largest absolute Gasteiger partial charge is 0.308 e. The molecule has 0 aliphatic carbocycles. The second-order valence-electron chi connectivity index (χ2n) is 5.46. The van der Waals surface area contributed by atoms with Crippen LogP contribution in [0.5, 0.6) is 0 Å². The minimum absolute atomic E-state index is 0.316. The van der Waals surface area contributed by atoms with Gasteiger partial charge >= 0.3 is 0 Å². The fourth-order valence-electron chi connectivity index (χ4n) is 2.78. The molecular weight excluding hydrogens is 224 g/mol. The molecule has 4 heteroatoms. The molecule has 0 amide bonds. The van der Waals surface area contributed by atoms with Crippen LogP contribution in [0.15, 0.2) is 18.5 Å². The van der Waals surface area contributed by atoms with Crippen molar-refractivity contribution in [3.63, 3.8) is 0 Å². The molecule has 18 heavy (non-hydrogen) atoms. The van der Waals surface area contributed by atoms with Crippen LogP contribution in [0, 0.1) is 0 Å². The third kappa shape index (κ3) is 2.93. The highest BCUT2D eigenvalue weighted by atomic mass is 15.3. The molecule has 0 aromatic carbocycles. The highest BCUT2D eigenvalue weighted by Gasteiger charge is 2.34. The molecule has 1 unspecified atom stereocenters. The zero-order valence-electron chi connectivity index (χ0n) is 11.9. The van der Waals surface area contributed by atoms with E-state index in [-0.39, 0.29) is 0 Å². The van der Waals surface area contributed by atoms with Gasteiger partial charge in [-0.15, -0.1) is 0 Å². The van der Waals surface area contributed by atoms with Gasteiger partial charge in [0.05, 0.1) is 6.54 Å². The lowest BCUT2D eigenvalue weighted by atomic mass is 9.89. The van der Waals surface area contributed by atoms with Crippen LogP contribution in [0.4, 0.5) is 0 Å². The van der Waals surface area contributed by atoms with Gasteiger partial charge in [-0.05, 0) is 25.8 Å². The van der Waals surface area contributed by atoms with Gasteiger partial charge in [-0.25, -0.2) is 0 Å². The predicted octanol–water partition coefficient (Wildman–Crippen LogP) is 1.74. The fourth-order valence-corrected chi connectivity index (χ4v) is 2.78. The quantitative estimate of drug-likeness (QED) is 0.864. The van der Waals surface area contributed by atoms with E-state index in [0.717, 1.165) is 26.2 Å². The summed E-state index contributed by atoms with van der Waals surface area (Å²) in [4.78, 5) is 2.60. The summed E-state index contributed by atoms with van der Waals surface area (Å²) in [6.45, 7) is 11.2. The van der Waals surface area contributed by atoms with Gasteiger partial charge in [0.1, 0.15) is 0 Å². The van der Waals surface area contributed by atoms with Crippen molar-refractivity contribution in [1.82, 2.24) is 20.0 Å². The molecule has 1 aliphatic heterocycles. The minimum Gasteiger partial charge on any atom is -0.308 e. The zero-order chi connectivity index (χ0) is 13.0. The molecule has 1 N–H and O–H groups in total. The van der Waals surface area contributed by atoms with Crippen LogP contribution in [0.2, 0.25) is 0 Å². The molecule has 1 aromatic heterocycles. The number of hydrogen-bond acceptors (Lipinski definition) is 3. The summed E-state index contributed by atoms with van der Waals surface area (Å²) in [6, 6.07) is 2.61. The summed E-state index contributed by atoms with van der Waals surface area (Å²) in [7, 11) is 0. The van der Waals surface area contributed by atoms with Crippen LogP contribution in [-0.4, -0.2) is 45.9 Å².